The number of hydrazine groups is 1. The molecule has 8 heteroatoms. The predicted molar refractivity (Wildman–Crippen MR) is 70.8 cm³/mol. The molecule has 1 unspecified atom stereocenters. The monoisotopic (exact) mass is 301 g/mol. The summed E-state index contributed by atoms with van der Waals surface area (Å²) in [5, 5.41) is 7.40. The summed E-state index contributed by atoms with van der Waals surface area (Å²) >= 11 is 5.54. The van der Waals surface area contributed by atoms with E-state index < -0.39 is 17.7 Å². The van der Waals surface area contributed by atoms with Gasteiger partial charge in [0.1, 0.15) is 11.6 Å². The molecule has 2 rings (SSSR count). The average molecular weight is 302 g/mol. The van der Waals surface area contributed by atoms with Crippen LogP contribution in [0, 0.1) is 11.6 Å². The summed E-state index contributed by atoms with van der Waals surface area (Å²) in [6.07, 6.45) is 2.29. The zero-order chi connectivity index (χ0) is 14.7. The lowest BCUT2D eigenvalue weighted by Gasteiger charge is -2.18. The van der Waals surface area contributed by atoms with Gasteiger partial charge in [-0.3, -0.25) is 5.84 Å². The first kappa shape index (κ1) is 14.8. The molecule has 5 nitrogen and oxygen atoms in total. The molecule has 0 aliphatic heterocycles. The molecule has 3 N–H and O–H groups in total. The summed E-state index contributed by atoms with van der Waals surface area (Å²) in [5.74, 6) is 4.12. The third kappa shape index (κ3) is 2.79. The van der Waals surface area contributed by atoms with E-state index >= 15 is 0 Å². The Morgan fingerprint density at radius 2 is 2.15 bits per heavy atom. The van der Waals surface area contributed by atoms with E-state index in [-0.39, 0.29) is 10.6 Å². The number of aryl methyl sites for hydroxylation is 1. The van der Waals surface area contributed by atoms with Crippen LogP contribution in [-0.2, 0) is 6.54 Å². The zero-order valence-electron chi connectivity index (χ0n) is 10.8. The lowest BCUT2D eigenvalue weighted by molar-refractivity contribution is 0.492. The quantitative estimate of drug-likeness (QED) is 0.504. The van der Waals surface area contributed by atoms with Crippen LogP contribution in [0.2, 0.25) is 5.02 Å². The van der Waals surface area contributed by atoms with Crippen LogP contribution >= 0.6 is 11.6 Å². The molecule has 1 aromatic carbocycles. The Morgan fingerprint density at radius 1 is 1.40 bits per heavy atom. The molecule has 0 aliphatic rings. The number of halogens is 3. The van der Waals surface area contributed by atoms with E-state index in [1.54, 1.807) is 4.68 Å². The molecule has 0 amide bonds. The molecule has 0 saturated carbocycles. The lowest BCUT2D eigenvalue weighted by atomic mass is 10.0. The molecule has 2 aromatic rings. The van der Waals surface area contributed by atoms with E-state index in [1.807, 2.05) is 6.92 Å². The number of aromatic nitrogens is 3. The summed E-state index contributed by atoms with van der Waals surface area (Å²) in [4.78, 5) is 0. The maximum absolute atomic E-state index is 14.0. The van der Waals surface area contributed by atoms with Crippen LogP contribution in [-0.4, -0.2) is 15.0 Å². The van der Waals surface area contributed by atoms with Gasteiger partial charge in [0.05, 0.1) is 23.0 Å². The van der Waals surface area contributed by atoms with Gasteiger partial charge in [-0.25, -0.2) is 18.9 Å². The van der Waals surface area contributed by atoms with Crippen molar-refractivity contribution < 1.29 is 8.78 Å². The van der Waals surface area contributed by atoms with Gasteiger partial charge in [-0.2, -0.15) is 0 Å². The van der Waals surface area contributed by atoms with Crippen LogP contribution in [0.3, 0.4) is 0 Å². The zero-order valence-corrected chi connectivity index (χ0v) is 11.5. The summed E-state index contributed by atoms with van der Waals surface area (Å²) in [6, 6.07) is 1.18. The lowest BCUT2D eigenvalue weighted by Crippen LogP contribution is -2.31. The van der Waals surface area contributed by atoms with E-state index in [0.29, 0.717) is 12.2 Å². The van der Waals surface area contributed by atoms with Gasteiger partial charge < -0.3 is 0 Å². The summed E-state index contributed by atoms with van der Waals surface area (Å²) < 4.78 is 29.1. The summed E-state index contributed by atoms with van der Waals surface area (Å²) in [6.45, 7) is 2.57. The maximum Gasteiger partial charge on any atom is 0.142 e. The van der Waals surface area contributed by atoms with Crippen molar-refractivity contribution in [3.63, 3.8) is 0 Å². The van der Waals surface area contributed by atoms with Crippen LogP contribution in [0.4, 0.5) is 8.78 Å². The molecule has 20 heavy (non-hydrogen) atoms. The van der Waals surface area contributed by atoms with Crippen molar-refractivity contribution in [3.8, 4) is 0 Å². The second kappa shape index (κ2) is 6.25. The van der Waals surface area contributed by atoms with Crippen molar-refractivity contribution in [2.75, 3.05) is 0 Å². The number of nitrogens with zero attached hydrogens (tertiary/aromatic N) is 3. The number of hydrogen-bond acceptors (Lipinski definition) is 4. The number of hydrogen-bond donors (Lipinski definition) is 2. The number of rotatable bonds is 5. The van der Waals surface area contributed by atoms with Crippen molar-refractivity contribution >= 4 is 11.6 Å². The Kier molecular flexibility index (Phi) is 4.64. The first-order chi connectivity index (χ1) is 9.58. The van der Waals surface area contributed by atoms with Gasteiger partial charge in [0, 0.05) is 12.1 Å². The van der Waals surface area contributed by atoms with E-state index in [9.17, 15) is 8.78 Å². The molecule has 0 bridgehead atoms. The highest BCUT2D eigenvalue weighted by Crippen LogP contribution is 2.27. The fourth-order valence-electron chi connectivity index (χ4n) is 1.97. The average Bonchev–Trinajstić information content (AvgIpc) is 2.85. The largest absolute Gasteiger partial charge is 0.271 e. The summed E-state index contributed by atoms with van der Waals surface area (Å²) in [7, 11) is 0. The molecule has 0 spiro atoms. The Bertz CT molecular complexity index is 602. The van der Waals surface area contributed by atoms with Gasteiger partial charge in [0.25, 0.3) is 0 Å². The van der Waals surface area contributed by atoms with E-state index in [0.717, 1.165) is 18.6 Å². The first-order valence-corrected chi connectivity index (χ1v) is 6.45. The van der Waals surface area contributed by atoms with Crippen LogP contribution in [0.15, 0.2) is 18.3 Å². The minimum Gasteiger partial charge on any atom is -0.271 e. The molecule has 0 fully saturated rings. The molecule has 0 saturated heterocycles. The fourth-order valence-corrected chi connectivity index (χ4v) is 2.12. The Hall–Kier alpha value is -1.57. The molecule has 0 aliphatic carbocycles. The second-order valence-corrected chi connectivity index (χ2v) is 4.68. The van der Waals surface area contributed by atoms with Gasteiger partial charge in [0.15, 0.2) is 0 Å². The fraction of sp³-hybridized carbons (Fsp3) is 0.333. The molecular weight excluding hydrogens is 288 g/mol. The predicted octanol–water partition coefficient (Wildman–Crippen LogP) is 2.17. The number of nitrogens with two attached hydrogens (primary N) is 1. The van der Waals surface area contributed by atoms with Crippen molar-refractivity contribution in [3.05, 3.63) is 46.2 Å². The van der Waals surface area contributed by atoms with Crippen molar-refractivity contribution in [1.82, 2.24) is 20.4 Å². The standard InChI is InChI=1S/C12H14ClF2N5/c1-2-3-20-11(6-17-19-20)12(18-16)7-4-10(15)8(13)5-9(7)14/h4-6,12,18H,2-3,16H2,1H3. The topological polar surface area (TPSA) is 68.8 Å². The first-order valence-electron chi connectivity index (χ1n) is 6.07. The van der Waals surface area contributed by atoms with Gasteiger partial charge in [0.2, 0.25) is 0 Å². The minimum absolute atomic E-state index is 0.0500. The molecule has 0 radical (unpaired) electrons. The number of benzene rings is 1. The minimum atomic E-state index is -0.761. The van der Waals surface area contributed by atoms with E-state index in [1.165, 1.54) is 6.20 Å². The Morgan fingerprint density at radius 3 is 2.80 bits per heavy atom. The van der Waals surface area contributed by atoms with E-state index in [2.05, 4.69) is 15.7 Å². The molecule has 108 valence electrons. The van der Waals surface area contributed by atoms with Gasteiger partial charge in [-0.15, -0.1) is 5.10 Å². The molecule has 1 heterocycles. The normalized spacial score (nSPS) is 12.7. The van der Waals surface area contributed by atoms with Gasteiger partial charge in [-0.1, -0.05) is 23.7 Å². The highest BCUT2D eigenvalue weighted by atomic mass is 35.5. The molecule has 1 atom stereocenters. The van der Waals surface area contributed by atoms with Crippen molar-refractivity contribution in [2.24, 2.45) is 5.84 Å². The second-order valence-electron chi connectivity index (χ2n) is 4.27. The highest BCUT2D eigenvalue weighted by Gasteiger charge is 2.22. The van der Waals surface area contributed by atoms with Crippen LogP contribution < -0.4 is 11.3 Å². The van der Waals surface area contributed by atoms with E-state index in [4.69, 9.17) is 17.4 Å². The summed E-state index contributed by atoms with van der Waals surface area (Å²) in [5.41, 5.74) is 3.06. The van der Waals surface area contributed by atoms with Gasteiger partial charge >= 0.3 is 0 Å². The van der Waals surface area contributed by atoms with Gasteiger partial charge in [-0.05, 0) is 18.6 Å². The Balaban J connectivity index is 2.47. The van der Waals surface area contributed by atoms with Crippen LogP contribution in [0.25, 0.3) is 0 Å². The van der Waals surface area contributed by atoms with Crippen LogP contribution in [0.5, 0.6) is 0 Å². The third-order valence-electron chi connectivity index (χ3n) is 2.90. The van der Waals surface area contributed by atoms with Crippen molar-refractivity contribution in [2.45, 2.75) is 25.9 Å². The molecule has 1 aromatic heterocycles. The van der Waals surface area contributed by atoms with Crippen LogP contribution in [0.1, 0.15) is 30.6 Å². The SMILES string of the molecule is CCCn1nncc1C(NN)c1cc(F)c(Cl)cc1F. The highest BCUT2D eigenvalue weighted by molar-refractivity contribution is 6.30. The smallest absolute Gasteiger partial charge is 0.142 e. The Labute approximate surface area is 119 Å². The molecular formula is C12H14ClF2N5. The maximum atomic E-state index is 14.0. The van der Waals surface area contributed by atoms with Crippen molar-refractivity contribution in [1.29, 1.82) is 0 Å². The number of nitrogens with one attached hydrogen (secondary N) is 1. The third-order valence-corrected chi connectivity index (χ3v) is 3.19.